The van der Waals surface area contributed by atoms with Gasteiger partial charge in [-0.05, 0) is 48.9 Å². The van der Waals surface area contributed by atoms with E-state index < -0.39 is 0 Å². The van der Waals surface area contributed by atoms with Crippen molar-refractivity contribution < 1.29 is 4.74 Å². The van der Waals surface area contributed by atoms with Crippen LogP contribution in [0.5, 0.6) is 5.75 Å². The molecule has 0 saturated heterocycles. The van der Waals surface area contributed by atoms with Crippen LogP contribution in [-0.4, -0.2) is 13.2 Å². The number of methoxy groups -OCH3 is 1. The third-order valence-electron chi connectivity index (χ3n) is 3.43. The molecular formula is C14H21NO. The van der Waals surface area contributed by atoms with E-state index in [4.69, 9.17) is 4.74 Å². The van der Waals surface area contributed by atoms with Gasteiger partial charge in [-0.1, -0.05) is 13.8 Å². The molecule has 2 nitrogen and oxygen atoms in total. The fraction of sp³-hybridized carbons (Fsp3) is 0.571. The van der Waals surface area contributed by atoms with Crippen molar-refractivity contribution in [2.24, 2.45) is 5.41 Å². The molecule has 16 heavy (non-hydrogen) atoms. The van der Waals surface area contributed by atoms with Crippen LogP contribution in [0.15, 0.2) is 24.3 Å². The lowest BCUT2D eigenvalue weighted by atomic mass is 9.92. The molecule has 0 bridgehead atoms. The zero-order valence-corrected chi connectivity index (χ0v) is 10.4. The van der Waals surface area contributed by atoms with Crippen molar-refractivity contribution in [3.8, 4) is 5.75 Å². The van der Waals surface area contributed by atoms with Crippen LogP contribution < -0.4 is 10.1 Å². The molecule has 0 radical (unpaired) electrons. The van der Waals surface area contributed by atoms with Crippen molar-refractivity contribution in [2.75, 3.05) is 12.4 Å². The second-order valence-corrected chi connectivity index (χ2v) is 5.48. The number of hydrogen-bond acceptors (Lipinski definition) is 2. The van der Waals surface area contributed by atoms with Gasteiger partial charge in [0.15, 0.2) is 0 Å². The standard InChI is InChI=1S/C14H21NO/c1-14(2)9-8-12(10-14)15-11-4-6-13(16-3)7-5-11/h4-7,12,15H,8-10H2,1-3H3. The summed E-state index contributed by atoms with van der Waals surface area (Å²) in [6.07, 6.45) is 3.86. The molecule has 1 unspecified atom stereocenters. The number of anilines is 1. The van der Waals surface area contributed by atoms with Crippen LogP contribution in [-0.2, 0) is 0 Å². The fourth-order valence-electron chi connectivity index (χ4n) is 2.48. The highest BCUT2D eigenvalue weighted by molar-refractivity contribution is 5.47. The van der Waals surface area contributed by atoms with Gasteiger partial charge in [0.25, 0.3) is 0 Å². The topological polar surface area (TPSA) is 21.3 Å². The van der Waals surface area contributed by atoms with Crippen molar-refractivity contribution in [1.82, 2.24) is 0 Å². The Labute approximate surface area is 98.0 Å². The largest absolute Gasteiger partial charge is 0.497 e. The maximum Gasteiger partial charge on any atom is 0.119 e. The SMILES string of the molecule is COc1ccc(NC2CCC(C)(C)C2)cc1. The predicted octanol–water partition coefficient (Wildman–Crippen LogP) is 3.69. The lowest BCUT2D eigenvalue weighted by Gasteiger charge is -2.18. The number of benzene rings is 1. The maximum atomic E-state index is 5.14. The third kappa shape index (κ3) is 2.69. The van der Waals surface area contributed by atoms with E-state index in [-0.39, 0.29) is 0 Å². The van der Waals surface area contributed by atoms with Crippen molar-refractivity contribution in [2.45, 2.75) is 39.2 Å². The van der Waals surface area contributed by atoms with Gasteiger partial charge in [-0.15, -0.1) is 0 Å². The smallest absolute Gasteiger partial charge is 0.119 e. The molecule has 0 aromatic heterocycles. The molecule has 0 spiro atoms. The summed E-state index contributed by atoms with van der Waals surface area (Å²) < 4.78 is 5.14. The molecule has 1 aromatic carbocycles. The molecule has 1 aliphatic rings. The highest BCUT2D eigenvalue weighted by atomic mass is 16.5. The van der Waals surface area contributed by atoms with Crippen LogP contribution in [0.1, 0.15) is 33.1 Å². The van der Waals surface area contributed by atoms with Gasteiger partial charge in [0.1, 0.15) is 5.75 Å². The molecule has 1 aromatic rings. The summed E-state index contributed by atoms with van der Waals surface area (Å²) in [5, 5.41) is 3.59. The fourth-order valence-corrected chi connectivity index (χ4v) is 2.48. The van der Waals surface area contributed by atoms with Crippen molar-refractivity contribution in [1.29, 1.82) is 0 Å². The van der Waals surface area contributed by atoms with Gasteiger partial charge in [0, 0.05) is 11.7 Å². The normalized spacial score (nSPS) is 23.1. The summed E-state index contributed by atoms with van der Waals surface area (Å²) in [7, 11) is 1.70. The van der Waals surface area contributed by atoms with Gasteiger partial charge < -0.3 is 10.1 Å². The molecule has 88 valence electrons. The molecule has 2 rings (SSSR count). The summed E-state index contributed by atoms with van der Waals surface area (Å²) in [5.41, 5.74) is 1.70. The average molecular weight is 219 g/mol. The van der Waals surface area contributed by atoms with Gasteiger partial charge in [-0.25, -0.2) is 0 Å². The van der Waals surface area contributed by atoms with Crippen LogP contribution >= 0.6 is 0 Å². The van der Waals surface area contributed by atoms with E-state index in [2.05, 4.69) is 31.3 Å². The molecule has 1 aliphatic carbocycles. The van der Waals surface area contributed by atoms with Gasteiger partial charge in [0.2, 0.25) is 0 Å². The highest BCUT2D eigenvalue weighted by Gasteiger charge is 2.30. The number of ether oxygens (including phenoxy) is 1. The Hall–Kier alpha value is -1.18. The first kappa shape index (κ1) is 11.3. The second-order valence-electron chi connectivity index (χ2n) is 5.48. The quantitative estimate of drug-likeness (QED) is 0.837. The summed E-state index contributed by atoms with van der Waals surface area (Å²) in [4.78, 5) is 0. The molecular weight excluding hydrogens is 198 g/mol. The van der Waals surface area contributed by atoms with Crippen LogP contribution in [0.2, 0.25) is 0 Å². The van der Waals surface area contributed by atoms with E-state index in [1.165, 1.54) is 24.9 Å². The molecule has 0 heterocycles. The van der Waals surface area contributed by atoms with E-state index in [0.29, 0.717) is 11.5 Å². The van der Waals surface area contributed by atoms with Crippen LogP contribution in [0.3, 0.4) is 0 Å². The van der Waals surface area contributed by atoms with Crippen LogP contribution in [0.25, 0.3) is 0 Å². The van der Waals surface area contributed by atoms with Gasteiger partial charge in [-0.2, -0.15) is 0 Å². The summed E-state index contributed by atoms with van der Waals surface area (Å²) in [5.74, 6) is 0.914. The Kier molecular flexibility index (Phi) is 3.08. The Morgan fingerprint density at radius 3 is 2.44 bits per heavy atom. The van der Waals surface area contributed by atoms with Gasteiger partial charge in [0.05, 0.1) is 7.11 Å². The number of hydrogen-bond donors (Lipinski definition) is 1. The van der Waals surface area contributed by atoms with Crippen molar-refractivity contribution >= 4 is 5.69 Å². The van der Waals surface area contributed by atoms with Gasteiger partial charge in [-0.3, -0.25) is 0 Å². The lowest BCUT2D eigenvalue weighted by Crippen LogP contribution is -2.17. The van der Waals surface area contributed by atoms with Crippen LogP contribution in [0, 0.1) is 5.41 Å². The minimum absolute atomic E-state index is 0.504. The first-order chi connectivity index (χ1) is 7.59. The molecule has 1 atom stereocenters. The van der Waals surface area contributed by atoms with E-state index in [1.807, 2.05) is 12.1 Å². The zero-order valence-electron chi connectivity index (χ0n) is 10.4. The van der Waals surface area contributed by atoms with Crippen LogP contribution in [0.4, 0.5) is 5.69 Å². The molecule has 0 aliphatic heterocycles. The zero-order chi connectivity index (χ0) is 11.6. The maximum absolute atomic E-state index is 5.14. The Morgan fingerprint density at radius 2 is 1.94 bits per heavy atom. The monoisotopic (exact) mass is 219 g/mol. The molecule has 0 amide bonds. The Balaban J connectivity index is 1.94. The summed E-state index contributed by atoms with van der Waals surface area (Å²) in [6, 6.07) is 8.81. The summed E-state index contributed by atoms with van der Waals surface area (Å²) in [6.45, 7) is 4.70. The Morgan fingerprint density at radius 1 is 1.25 bits per heavy atom. The minimum atomic E-state index is 0.504. The molecule has 2 heteroatoms. The molecule has 1 saturated carbocycles. The van der Waals surface area contributed by atoms with E-state index in [1.54, 1.807) is 7.11 Å². The minimum Gasteiger partial charge on any atom is -0.497 e. The second kappa shape index (κ2) is 4.36. The number of rotatable bonds is 3. The Bertz CT molecular complexity index is 342. The average Bonchev–Trinajstić information content (AvgIpc) is 2.59. The number of nitrogens with one attached hydrogen (secondary N) is 1. The summed E-state index contributed by atoms with van der Waals surface area (Å²) >= 11 is 0. The van der Waals surface area contributed by atoms with E-state index in [9.17, 15) is 0 Å². The predicted molar refractivity (Wildman–Crippen MR) is 68.0 cm³/mol. The molecule has 1 N–H and O–H groups in total. The highest BCUT2D eigenvalue weighted by Crippen LogP contribution is 2.38. The van der Waals surface area contributed by atoms with Gasteiger partial charge >= 0.3 is 0 Å². The van der Waals surface area contributed by atoms with E-state index in [0.717, 1.165) is 5.75 Å². The first-order valence-electron chi connectivity index (χ1n) is 6.00. The lowest BCUT2D eigenvalue weighted by molar-refractivity contribution is 0.378. The van der Waals surface area contributed by atoms with E-state index >= 15 is 0 Å². The molecule has 1 fully saturated rings. The first-order valence-corrected chi connectivity index (χ1v) is 6.00. The van der Waals surface area contributed by atoms with Crippen molar-refractivity contribution in [3.05, 3.63) is 24.3 Å². The van der Waals surface area contributed by atoms with Crippen molar-refractivity contribution in [3.63, 3.8) is 0 Å². The third-order valence-corrected chi connectivity index (χ3v) is 3.43.